The van der Waals surface area contributed by atoms with Gasteiger partial charge in [0.05, 0.1) is 11.9 Å². The van der Waals surface area contributed by atoms with Crippen molar-refractivity contribution in [3.8, 4) is 0 Å². The molecule has 0 amide bonds. The van der Waals surface area contributed by atoms with Gasteiger partial charge in [-0.25, -0.2) is 4.98 Å². The van der Waals surface area contributed by atoms with Gasteiger partial charge in [0.2, 0.25) is 0 Å². The molecule has 0 saturated heterocycles. The topological polar surface area (TPSA) is 51.0 Å². The lowest BCUT2D eigenvalue weighted by molar-refractivity contribution is 0.454. The highest BCUT2D eigenvalue weighted by Crippen LogP contribution is 2.26. The van der Waals surface area contributed by atoms with E-state index in [4.69, 9.17) is 4.42 Å². The van der Waals surface area contributed by atoms with Crippen LogP contribution in [0.2, 0.25) is 0 Å². The third-order valence-electron chi connectivity index (χ3n) is 2.49. The molecule has 0 aliphatic carbocycles. The Labute approximate surface area is 105 Å². The van der Waals surface area contributed by atoms with Crippen molar-refractivity contribution in [3.63, 3.8) is 0 Å². The number of oxazole rings is 1. The van der Waals surface area contributed by atoms with Gasteiger partial charge < -0.3 is 9.73 Å². The number of nitrogens with zero attached hydrogens (tertiary/aromatic N) is 2. The van der Waals surface area contributed by atoms with E-state index < -0.39 is 0 Å². The lowest BCUT2D eigenvalue weighted by atomic mass is 10.1. The Morgan fingerprint density at radius 3 is 2.82 bits per heavy atom. The van der Waals surface area contributed by atoms with E-state index in [1.165, 1.54) is 11.8 Å². The van der Waals surface area contributed by atoms with Crippen molar-refractivity contribution in [1.29, 1.82) is 0 Å². The molecule has 2 aromatic rings. The fraction of sp³-hybridized carbons (Fsp3) is 0.333. The van der Waals surface area contributed by atoms with Gasteiger partial charge in [0, 0.05) is 17.1 Å². The van der Waals surface area contributed by atoms with E-state index in [2.05, 4.69) is 22.2 Å². The van der Waals surface area contributed by atoms with Crippen LogP contribution >= 0.6 is 11.8 Å². The summed E-state index contributed by atoms with van der Waals surface area (Å²) in [5, 5.41) is 3.87. The van der Waals surface area contributed by atoms with Crippen LogP contribution in [0.4, 0.5) is 0 Å². The van der Waals surface area contributed by atoms with Crippen molar-refractivity contribution >= 4 is 11.8 Å². The molecular formula is C12H15N3OS. The average molecular weight is 249 g/mol. The summed E-state index contributed by atoms with van der Waals surface area (Å²) in [6.07, 6.45) is 6.08. The highest BCUT2D eigenvalue weighted by molar-refractivity contribution is 7.99. The first-order valence-electron chi connectivity index (χ1n) is 5.54. The Bertz CT molecular complexity index is 437. The molecule has 1 atom stereocenters. The van der Waals surface area contributed by atoms with Crippen LogP contribution in [0.25, 0.3) is 0 Å². The third-order valence-corrected chi connectivity index (χ3v) is 3.34. The predicted molar refractivity (Wildman–Crippen MR) is 67.0 cm³/mol. The molecule has 0 aromatic carbocycles. The van der Waals surface area contributed by atoms with Crippen molar-refractivity contribution in [2.45, 2.75) is 29.5 Å². The Morgan fingerprint density at radius 1 is 1.41 bits per heavy atom. The first-order chi connectivity index (χ1) is 8.33. The van der Waals surface area contributed by atoms with Gasteiger partial charge >= 0.3 is 0 Å². The maximum absolute atomic E-state index is 5.17. The minimum atomic E-state index is 0.316. The molecule has 0 spiro atoms. The first kappa shape index (κ1) is 12.1. The van der Waals surface area contributed by atoms with Crippen LogP contribution in [-0.2, 0) is 0 Å². The largest absolute Gasteiger partial charge is 0.440 e. The second kappa shape index (κ2) is 5.84. The maximum atomic E-state index is 5.17. The van der Waals surface area contributed by atoms with Crippen molar-refractivity contribution in [2.75, 3.05) is 7.05 Å². The summed E-state index contributed by atoms with van der Waals surface area (Å²) in [6.45, 7) is 2.14. The van der Waals surface area contributed by atoms with E-state index >= 15 is 0 Å². The molecule has 2 heterocycles. The Hall–Kier alpha value is -1.33. The van der Waals surface area contributed by atoms with Crippen molar-refractivity contribution in [1.82, 2.24) is 15.3 Å². The molecule has 0 saturated carbocycles. The molecule has 0 fully saturated rings. The molecule has 5 heteroatoms. The molecule has 1 N–H and O–H groups in total. The highest BCUT2D eigenvalue weighted by atomic mass is 32.2. The van der Waals surface area contributed by atoms with Gasteiger partial charge in [-0.05, 0) is 37.4 Å². The molecule has 17 heavy (non-hydrogen) atoms. The van der Waals surface area contributed by atoms with Gasteiger partial charge in [-0.15, -0.1) is 0 Å². The van der Waals surface area contributed by atoms with Crippen LogP contribution in [0.5, 0.6) is 0 Å². The smallest absolute Gasteiger partial charge is 0.260 e. The number of hydrogen-bond acceptors (Lipinski definition) is 5. The van der Waals surface area contributed by atoms with Crippen LogP contribution in [0.1, 0.15) is 25.1 Å². The van der Waals surface area contributed by atoms with Crippen molar-refractivity contribution in [2.24, 2.45) is 0 Å². The van der Waals surface area contributed by atoms with Gasteiger partial charge in [-0.2, -0.15) is 0 Å². The highest BCUT2D eigenvalue weighted by Gasteiger charge is 2.08. The van der Waals surface area contributed by atoms with Crippen LogP contribution in [0.3, 0.4) is 0 Å². The van der Waals surface area contributed by atoms with Gasteiger partial charge in [0.1, 0.15) is 6.26 Å². The predicted octanol–water partition coefficient (Wildman–Crippen LogP) is 2.89. The van der Waals surface area contributed by atoms with E-state index in [0.29, 0.717) is 11.3 Å². The summed E-state index contributed by atoms with van der Waals surface area (Å²) < 4.78 is 5.17. The lowest BCUT2D eigenvalue weighted by Gasteiger charge is -2.12. The molecule has 0 radical (unpaired) electrons. The standard InChI is InChI=1S/C12H15N3OS/c1-3-10(13-2)11-5-4-9(8-15-11)17-12-14-6-7-16-12/h4-8,10,13H,3H2,1-2H3. The number of rotatable bonds is 5. The molecule has 0 aliphatic rings. The summed E-state index contributed by atoms with van der Waals surface area (Å²) in [4.78, 5) is 9.54. The van der Waals surface area contributed by atoms with Gasteiger partial charge in [0.15, 0.2) is 0 Å². The van der Waals surface area contributed by atoms with Crippen molar-refractivity contribution in [3.05, 3.63) is 36.5 Å². The zero-order chi connectivity index (χ0) is 12.1. The zero-order valence-corrected chi connectivity index (χ0v) is 10.7. The molecule has 2 rings (SSSR count). The lowest BCUT2D eigenvalue weighted by Crippen LogP contribution is -2.16. The van der Waals surface area contributed by atoms with E-state index in [-0.39, 0.29) is 0 Å². The number of aromatic nitrogens is 2. The normalized spacial score (nSPS) is 12.6. The molecule has 90 valence electrons. The Morgan fingerprint density at radius 2 is 2.29 bits per heavy atom. The van der Waals surface area contributed by atoms with Crippen LogP contribution < -0.4 is 5.32 Å². The van der Waals surface area contributed by atoms with Crippen LogP contribution in [0, 0.1) is 0 Å². The fourth-order valence-electron chi connectivity index (χ4n) is 1.58. The van der Waals surface area contributed by atoms with E-state index in [0.717, 1.165) is 17.0 Å². The SMILES string of the molecule is CCC(NC)c1ccc(Sc2ncco2)cn1. The number of nitrogens with one attached hydrogen (secondary N) is 1. The third kappa shape index (κ3) is 3.08. The number of hydrogen-bond donors (Lipinski definition) is 1. The zero-order valence-electron chi connectivity index (χ0n) is 9.88. The monoisotopic (exact) mass is 249 g/mol. The van der Waals surface area contributed by atoms with Gasteiger partial charge in [-0.3, -0.25) is 4.98 Å². The second-order valence-electron chi connectivity index (χ2n) is 3.57. The summed E-state index contributed by atoms with van der Waals surface area (Å²) >= 11 is 1.47. The minimum absolute atomic E-state index is 0.316. The van der Waals surface area contributed by atoms with Crippen LogP contribution in [0.15, 0.2) is 45.3 Å². The molecule has 0 bridgehead atoms. The fourth-order valence-corrected chi connectivity index (χ4v) is 2.24. The molecule has 4 nitrogen and oxygen atoms in total. The molecule has 0 aliphatic heterocycles. The molecular weight excluding hydrogens is 234 g/mol. The first-order valence-corrected chi connectivity index (χ1v) is 6.35. The minimum Gasteiger partial charge on any atom is -0.440 e. The van der Waals surface area contributed by atoms with E-state index in [9.17, 15) is 0 Å². The number of pyridine rings is 1. The van der Waals surface area contributed by atoms with Crippen molar-refractivity contribution < 1.29 is 4.42 Å². The Kier molecular flexibility index (Phi) is 4.17. The summed E-state index contributed by atoms with van der Waals surface area (Å²) in [7, 11) is 1.95. The summed E-state index contributed by atoms with van der Waals surface area (Å²) in [6, 6.07) is 4.39. The molecule has 2 aromatic heterocycles. The Balaban J connectivity index is 2.07. The quantitative estimate of drug-likeness (QED) is 0.883. The van der Waals surface area contributed by atoms with E-state index in [1.54, 1.807) is 12.5 Å². The van der Waals surface area contributed by atoms with Gasteiger partial charge in [0.25, 0.3) is 5.22 Å². The summed E-state index contributed by atoms with van der Waals surface area (Å²) in [5.74, 6) is 0. The second-order valence-corrected chi connectivity index (χ2v) is 4.59. The maximum Gasteiger partial charge on any atom is 0.260 e. The molecule has 1 unspecified atom stereocenters. The van der Waals surface area contributed by atoms with Gasteiger partial charge in [-0.1, -0.05) is 6.92 Å². The average Bonchev–Trinajstić information content (AvgIpc) is 2.86. The summed E-state index contributed by atoms with van der Waals surface area (Å²) in [5.41, 5.74) is 1.06. The van der Waals surface area contributed by atoms with Crippen LogP contribution in [-0.4, -0.2) is 17.0 Å². The van der Waals surface area contributed by atoms with E-state index in [1.807, 2.05) is 25.4 Å².